The molecule has 0 spiro atoms. The lowest BCUT2D eigenvalue weighted by Crippen LogP contribution is -2.07. The summed E-state index contributed by atoms with van der Waals surface area (Å²) in [6, 6.07) is 7.28. The summed E-state index contributed by atoms with van der Waals surface area (Å²) in [5.74, 6) is -1.51. The van der Waals surface area contributed by atoms with Crippen LogP contribution in [0.5, 0.6) is 5.75 Å². The number of alkyl halides is 3. The predicted octanol–water partition coefficient (Wildman–Crippen LogP) is 4.73. The fourth-order valence-corrected chi connectivity index (χ4v) is 2.20. The number of rotatable bonds is 3. The molecular weight excluding hydrogens is 321 g/mol. The van der Waals surface area contributed by atoms with Crippen molar-refractivity contribution >= 4 is 17.6 Å². The number of benzene rings is 2. The van der Waals surface area contributed by atoms with E-state index in [1.807, 2.05) is 0 Å². The lowest BCUT2D eigenvalue weighted by molar-refractivity contribution is -0.138. The summed E-state index contributed by atoms with van der Waals surface area (Å²) in [5, 5.41) is 9.13. The maximum atomic E-state index is 13.0. The SMILES string of the molecule is COc1ccc(-c2cc(C(=O)O)ccc2Cl)cc1C(F)(F)F. The number of carboxylic acids is 1. The number of halogens is 4. The van der Waals surface area contributed by atoms with Crippen molar-refractivity contribution in [2.24, 2.45) is 0 Å². The Balaban J connectivity index is 2.63. The van der Waals surface area contributed by atoms with Gasteiger partial charge in [0.25, 0.3) is 0 Å². The smallest absolute Gasteiger partial charge is 0.419 e. The van der Waals surface area contributed by atoms with E-state index in [1.54, 1.807) is 0 Å². The second-order valence-electron chi connectivity index (χ2n) is 4.41. The molecule has 116 valence electrons. The molecule has 0 amide bonds. The third kappa shape index (κ3) is 3.17. The molecule has 0 aliphatic heterocycles. The minimum atomic E-state index is -4.60. The van der Waals surface area contributed by atoms with E-state index in [2.05, 4.69) is 0 Å². The monoisotopic (exact) mass is 330 g/mol. The van der Waals surface area contributed by atoms with Crippen LogP contribution in [-0.4, -0.2) is 18.2 Å². The van der Waals surface area contributed by atoms with Crippen LogP contribution in [0.1, 0.15) is 15.9 Å². The lowest BCUT2D eigenvalue weighted by atomic mass is 10.00. The number of methoxy groups -OCH3 is 1. The van der Waals surface area contributed by atoms with Gasteiger partial charge in [-0.1, -0.05) is 17.7 Å². The van der Waals surface area contributed by atoms with Gasteiger partial charge < -0.3 is 9.84 Å². The zero-order valence-corrected chi connectivity index (χ0v) is 12.0. The number of carbonyl (C=O) groups is 1. The van der Waals surface area contributed by atoms with Crippen molar-refractivity contribution in [2.45, 2.75) is 6.18 Å². The molecule has 0 aliphatic rings. The Morgan fingerprint density at radius 3 is 2.41 bits per heavy atom. The van der Waals surface area contributed by atoms with Crippen molar-refractivity contribution in [1.29, 1.82) is 0 Å². The van der Waals surface area contributed by atoms with Gasteiger partial charge in [0.2, 0.25) is 0 Å². The highest BCUT2D eigenvalue weighted by molar-refractivity contribution is 6.33. The van der Waals surface area contributed by atoms with Crippen LogP contribution in [0.4, 0.5) is 13.2 Å². The molecule has 0 saturated carbocycles. The van der Waals surface area contributed by atoms with Gasteiger partial charge in [-0.2, -0.15) is 13.2 Å². The predicted molar refractivity (Wildman–Crippen MR) is 75.4 cm³/mol. The summed E-state index contributed by atoms with van der Waals surface area (Å²) in [6.45, 7) is 0. The third-order valence-electron chi connectivity index (χ3n) is 3.03. The Morgan fingerprint density at radius 2 is 1.86 bits per heavy atom. The Labute approximate surface area is 128 Å². The molecule has 2 aromatic carbocycles. The third-order valence-corrected chi connectivity index (χ3v) is 3.36. The number of carboxylic acid groups (broad SMARTS) is 1. The van der Waals surface area contributed by atoms with E-state index in [-0.39, 0.29) is 27.5 Å². The van der Waals surface area contributed by atoms with E-state index in [9.17, 15) is 18.0 Å². The molecule has 0 aromatic heterocycles. The molecule has 0 heterocycles. The van der Waals surface area contributed by atoms with E-state index in [0.29, 0.717) is 0 Å². The summed E-state index contributed by atoms with van der Waals surface area (Å²) in [5.41, 5.74) is -0.663. The number of aromatic carboxylic acids is 1. The van der Waals surface area contributed by atoms with Crippen molar-refractivity contribution < 1.29 is 27.8 Å². The molecule has 0 aliphatic carbocycles. The molecule has 2 aromatic rings. The van der Waals surface area contributed by atoms with Gasteiger partial charge in [-0.25, -0.2) is 4.79 Å². The molecule has 7 heteroatoms. The van der Waals surface area contributed by atoms with Crippen LogP contribution in [0, 0.1) is 0 Å². The van der Waals surface area contributed by atoms with Gasteiger partial charge in [0, 0.05) is 10.6 Å². The Bertz CT molecular complexity index is 726. The highest BCUT2D eigenvalue weighted by Gasteiger charge is 2.34. The Morgan fingerprint density at radius 1 is 1.18 bits per heavy atom. The van der Waals surface area contributed by atoms with Crippen molar-refractivity contribution in [3.05, 3.63) is 52.5 Å². The van der Waals surface area contributed by atoms with Gasteiger partial charge in [-0.15, -0.1) is 0 Å². The molecule has 0 atom stereocenters. The summed E-state index contributed by atoms with van der Waals surface area (Å²) < 4.78 is 43.8. The first-order valence-corrected chi connectivity index (χ1v) is 6.40. The molecule has 0 unspecified atom stereocenters. The summed E-state index contributed by atoms with van der Waals surface area (Å²) in [4.78, 5) is 11.0. The average Bonchev–Trinajstić information content (AvgIpc) is 2.46. The number of hydrogen-bond acceptors (Lipinski definition) is 2. The van der Waals surface area contributed by atoms with Gasteiger partial charge in [0.1, 0.15) is 5.75 Å². The van der Waals surface area contributed by atoms with Gasteiger partial charge in [-0.3, -0.25) is 0 Å². The Hall–Kier alpha value is -2.21. The summed E-state index contributed by atoms with van der Waals surface area (Å²) >= 11 is 5.97. The topological polar surface area (TPSA) is 46.5 Å². The van der Waals surface area contributed by atoms with E-state index in [4.69, 9.17) is 21.4 Å². The van der Waals surface area contributed by atoms with Gasteiger partial charge in [-0.05, 0) is 35.9 Å². The highest BCUT2D eigenvalue weighted by atomic mass is 35.5. The number of ether oxygens (including phenoxy) is 1. The first-order chi connectivity index (χ1) is 10.2. The summed E-state index contributed by atoms with van der Waals surface area (Å²) in [7, 11) is 1.14. The molecule has 22 heavy (non-hydrogen) atoms. The van der Waals surface area contributed by atoms with Crippen LogP contribution in [0.3, 0.4) is 0 Å². The average molecular weight is 331 g/mol. The zero-order valence-electron chi connectivity index (χ0n) is 11.2. The van der Waals surface area contributed by atoms with Crippen molar-refractivity contribution in [3.8, 4) is 16.9 Å². The quantitative estimate of drug-likeness (QED) is 0.884. The van der Waals surface area contributed by atoms with Crippen LogP contribution >= 0.6 is 11.6 Å². The second kappa shape index (κ2) is 5.88. The van der Waals surface area contributed by atoms with Crippen molar-refractivity contribution in [2.75, 3.05) is 7.11 Å². The molecule has 0 saturated heterocycles. The fourth-order valence-electron chi connectivity index (χ4n) is 1.98. The number of hydrogen-bond donors (Lipinski definition) is 1. The standard InChI is InChI=1S/C15H10ClF3O3/c1-22-13-5-3-8(7-11(13)15(17,18)19)10-6-9(14(20)21)2-4-12(10)16/h2-7H,1H3,(H,20,21). The molecule has 0 bridgehead atoms. The zero-order chi connectivity index (χ0) is 16.5. The van der Waals surface area contributed by atoms with Crippen LogP contribution in [-0.2, 0) is 6.18 Å². The van der Waals surface area contributed by atoms with Crippen molar-refractivity contribution in [1.82, 2.24) is 0 Å². The highest BCUT2D eigenvalue weighted by Crippen LogP contribution is 2.40. The van der Waals surface area contributed by atoms with E-state index in [0.717, 1.165) is 13.2 Å². The maximum absolute atomic E-state index is 13.0. The second-order valence-corrected chi connectivity index (χ2v) is 4.82. The molecule has 1 N–H and O–H groups in total. The first kappa shape index (κ1) is 16.2. The van der Waals surface area contributed by atoms with Crippen LogP contribution in [0.25, 0.3) is 11.1 Å². The van der Waals surface area contributed by atoms with Gasteiger partial charge >= 0.3 is 12.1 Å². The maximum Gasteiger partial charge on any atom is 0.419 e. The normalized spacial score (nSPS) is 11.3. The van der Waals surface area contributed by atoms with Crippen LogP contribution in [0.2, 0.25) is 5.02 Å². The summed E-state index contributed by atoms with van der Waals surface area (Å²) in [6.07, 6.45) is -4.60. The fraction of sp³-hybridized carbons (Fsp3) is 0.133. The van der Waals surface area contributed by atoms with Crippen LogP contribution < -0.4 is 4.74 Å². The minimum absolute atomic E-state index is 0.0659. The van der Waals surface area contributed by atoms with E-state index >= 15 is 0 Å². The molecule has 3 nitrogen and oxygen atoms in total. The van der Waals surface area contributed by atoms with E-state index < -0.39 is 17.7 Å². The molecule has 0 fully saturated rings. The largest absolute Gasteiger partial charge is 0.496 e. The van der Waals surface area contributed by atoms with Crippen LogP contribution in [0.15, 0.2) is 36.4 Å². The molecule has 0 radical (unpaired) electrons. The van der Waals surface area contributed by atoms with Crippen molar-refractivity contribution in [3.63, 3.8) is 0 Å². The lowest BCUT2D eigenvalue weighted by Gasteiger charge is -2.14. The molecule has 2 rings (SSSR count). The minimum Gasteiger partial charge on any atom is -0.496 e. The molecular formula is C15H10ClF3O3. The van der Waals surface area contributed by atoms with E-state index in [1.165, 1.54) is 30.3 Å². The van der Waals surface area contributed by atoms with Gasteiger partial charge in [0.15, 0.2) is 0 Å². The first-order valence-electron chi connectivity index (χ1n) is 6.02. The Kier molecular flexibility index (Phi) is 4.32. The van der Waals surface area contributed by atoms with Gasteiger partial charge in [0.05, 0.1) is 18.2 Å².